The Hall–Kier alpha value is -4.74. The SMILES string of the molecule is O=C(NC(Cc1ccccc1)c1ccccc1)c1csc(CSc2nnc(Cc3ccccc3)n2-c2cccc(C(F)(F)F)c2)n1. The zero-order chi connectivity index (χ0) is 31.9. The average molecular weight is 656 g/mol. The molecule has 0 saturated carbocycles. The minimum absolute atomic E-state index is 0.246. The van der Waals surface area contributed by atoms with Gasteiger partial charge in [0.25, 0.3) is 5.91 Å². The number of nitrogens with zero attached hydrogens (tertiary/aromatic N) is 4. The van der Waals surface area contributed by atoms with Gasteiger partial charge in [0.05, 0.1) is 23.0 Å². The molecule has 0 bridgehead atoms. The standard InChI is InChI=1S/C35H28F3N5OS2/c36-35(37,38)27-17-10-18-28(21-27)43-31(20-25-13-6-2-7-14-25)41-42-34(43)46-23-32-39-30(22-45-32)33(44)40-29(26-15-8-3-9-16-26)19-24-11-4-1-5-12-24/h1-18,21-22,29H,19-20,23H2,(H,40,44). The molecular weight excluding hydrogens is 628 g/mol. The van der Waals surface area contributed by atoms with Gasteiger partial charge in [-0.25, -0.2) is 4.98 Å². The number of rotatable bonds is 11. The van der Waals surface area contributed by atoms with Crippen LogP contribution in [0.3, 0.4) is 0 Å². The summed E-state index contributed by atoms with van der Waals surface area (Å²) in [6, 6.07) is 34.2. The molecule has 0 aliphatic carbocycles. The minimum atomic E-state index is -4.49. The van der Waals surface area contributed by atoms with Crippen molar-refractivity contribution in [2.45, 2.75) is 36.0 Å². The lowest BCUT2D eigenvalue weighted by molar-refractivity contribution is -0.137. The van der Waals surface area contributed by atoms with Gasteiger partial charge in [-0.1, -0.05) is 109 Å². The third-order valence-corrected chi connectivity index (χ3v) is 9.21. The molecule has 0 fully saturated rings. The van der Waals surface area contributed by atoms with Gasteiger partial charge in [-0.05, 0) is 41.3 Å². The first-order valence-electron chi connectivity index (χ1n) is 14.5. The lowest BCUT2D eigenvalue weighted by Crippen LogP contribution is -2.30. The van der Waals surface area contributed by atoms with E-state index in [2.05, 4.69) is 20.5 Å². The van der Waals surface area contributed by atoms with Crippen molar-refractivity contribution in [2.24, 2.45) is 0 Å². The van der Waals surface area contributed by atoms with Crippen molar-refractivity contribution < 1.29 is 18.0 Å². The van der Waals surface area contributed by atoms with Gasteiger partial charge in [-0.3, -0.25) is 9.36 Å². The number of hydrogen-bond acceptors (Lipinski definition) is 6. The summed E-state index contributed by atoms with van der Waals surface area (Å²) >= 11 is 2.64. The predicted molar refractivity (Wildman–Crippen MR) is 174 cm³/mol. The van der Waals surface area contributed by atoms with Crippen LogP contribution in [0.2, 0.25) is 0 Å². The van der Waals surface area contributed by atoms with Crippen molar-refractivity contribution in [1.29, 1.82) is 0 Å². The van der Waals surface area contributed by atoms with E-state index in [-0.39, 0.29) is 11.9 Å². The summed E-state index contributed by atoms with van der Waals surface area (Å²) < 4.78 is 42.4. The largest absolute Gasteiger partial charge is 0.416 e. The van der Waals surface area contributed by atoms with E-state index in [9.17, 15) is 18.0 Å². The normalized spacial score (nSPS) is 12.2. The van der Waals surface area contributed by atoms with Crippen LogP contribution in [0.15, 0.2) is 126 Å². The Morgan fingerprint density at radius 3 is 2.22 bits per heavy atom. The van der Waals surface area contributed by atoms with Gasteiger partial charge in [0.15, 0.2) is 5.16 Å². The maximum absolute atomic E-state index is 13.6. The fourth-order valence-corrected chi connectivity index (χ4v) is 6.76. The number of nitrogens with one attached hydrogen (secondary N) is 1. The number of thioether (sulfide) groups is 1. The summed E-state index contributed by atoms with van der Waals surface area (Å²) in [6.07, 6.45) is -3.48. The van der Waals surface area contributed by atoms with E-state index in [0.29, 0.717) is 46.0 Å². The van der Waals surface area contributed by atoms with Crippen molar-refractivity contribution in [3.8, 4) is 5.69 Å². The highest BCUT2D eigenvalue weighted by molar-refractivity contribution is 7.98. The number of alkyl halides is 3. The van der Waals surface area contributed by atoms with Crippen LogP contribution in [-0.2, 0) is 24.8 Å². The van der Waals surface area contributed by atoms with Gasteiger partial charge in [-0.15, -0.1) is 21.5 Å². The Balaban J connectivity index is 1.20. The first-order valence-corrected chi connectivity index (χ1v) is 16.3. The molecular formula is C35H28F3N5OS2. The van der Waals surface area contributed by atoms with Crippen molar-refractivity contribution in [1.82, 2.24) is 25.1 Å². The fourth-order valence-electron chi connectivity index (χ4n) is 4.99. The smallest absolute Gasteiger partial charge is 0.344 e. The second-order valence-electron chi connectivity index (χ2n) is 10.5. The number of carbonyl (C=O) groups is 1. The molecule has 4 aromatic carbocycles. The summed E-state index contributed by atoms with van der Waals surface area (Å²) in [5.74, 6) is 0.583. The highest BCUT2D eigenvalue weighted by Gasteiger charge is 2.31. The maximum Gasteiger partial charge on any atom is 0.416 e. The highest BCUT2D eigenvalue weighted by atomic mass is 32.2. The van der Waals surface area contributed by atoms with Gasteiger partial charge in [0.1, 0.15) is 16.5 Å². The van der Waals surface area contributed by atoms with Gasteiger partial charge < -0.3 is 5.32 Å². The van der Waals surface area contributed by atoms with Gasteiger partial charge >= 0.3 is 6.18 Å². The summed E-state index contributed by atoms with van der Waals surface area (Å²) in [7, 11) is 0. The van der Waals surface area contributed by atoms with Crippen LogP contribution in [-0.4, -0.2) is 25.7 Å². The van der Waals surface area contributed by atoms with Gasteiger partial charge in [0, 0.05) is 11.8 Å². The number of carbonyl (C=O) groups excluding carboxylic acids is 1. The molecule has 0 spiro atoms. The monoisotopic (exact) mass is 655 g/mol. The van der Waals surface area contributed by atoms with Gasteiger partial charge in [-0.2, -0.15) is 13.2 Å². The number of amides is 1. The summed E-state index contributed by atoms with van der Waals surface area (Å²) in [5, 5.41) is 14.7. The van der Waals surface area contributed by atoms with Crippen LogP contribution in [0.1, 0.15) is 49.6 Å². The second kappa shape index (κ2) is 14.1. The Morgan fingerprint density at radius 2 is 1.52 bits per heavy atom. The topological polar surface area (TPSA) is 72.7 Å². The number of aromatic nitrogens is 4. The first-order chi connectivity index (χ1) is 22.3. The zero-order valence-corrected chi connectivity index (χ0v) is 26.0. The van der Waals surface area contributed by atoms with Crippen LogP contribution in [0.5, 0.6) is 0 Å². The van der Waals surface area contributed by atoms with Crippen LogP contribution in [0.4, 0.5) is 13.2 Å². The van der Waals surface area contributed by atoms with E-state index < -0.39 is 11.7 Å². The average Bonchev–Trinajstić information content (AvgIpc) is 3.72. The Labute approximate surface area is 272 Å². The van der Waals surface area contributed by atoms with Crippen LogP contribution < -0.4 is 5.32 Å². The molecule has 0 aliphatic rings. The Kier molecular flexibility index (Phi) is 9.60. The molecule has 2 aromatic heterocycles. The highest BCUT2D eigenvalue weighted by Crippen LogP contribution is 2.33. The molecule has 11 heteroatoms. The molecule has 6 aromatic rings. The number of thiazole rings is 1. The molecule has 2 heterocycles. The molecule has 0 aliphatic heterocycles. The molecule has 0 radical (unpaired) electrons. The summed E-state index contributed by atoms with van der Waals surface area (Å²) in [5.41, 5.74) is 2.92. The lowest BCUT2D eigenvalue weighted by Gasteiger charge is -2.19. The van der Waals surface area contributed by atoms with Crippen LogP contribution >= 0.6 is 23.1 Å². The summed E-state index contributed by atoms with van der Waals surface area (Å²) in [6.45, 7) is 0. The quantitative estimate of drug-likeness (QED) is 0.142. The van der Waals surface area contributed by atoms with E-state index >= 15 is 0 Å². The molecule has 1 unspecified atom stereocenters. The number of hydrogen-bond donors (Lipinski definition) is 1. The summed E-state index contributed by atoms with van der Waals surface area (Å²) in [4.78, 5) is 17.9. The molecule has 6 rings (SSSR count). The molecule has 1 amide bonds. The number of benzene rings is 4. The van der Waals surface area contributed by atoms with E-state index in [0.717, 1.165) is 28.8 Å². The fraction of sp³-hybridized carbons (Fsp3) is 0.143. The first kappa shape index (κ1) is 31.3. The molecule has 46 heavy (non-hydrogen) atoms. The third-order valence-electron chi connectivity index (χ3n) is 7.24. The molecule has 1 N–H and O–H groups in total. The van der Waals surface area contributed by atoms with Crippen molar-refractivity contribution in [3.05, 3.63) is 159 Å². The molecule has 232 valence electrons. The number of halogens is 3. The zero-order valence-electron chi connectivity index (χ0n) is 24.4. The lowest BCUT2D eigenvalue weighted by atomic mass is 9.99. The molecule has 0 saturated heterocycles. The van der Waals surface area contributed by atoms with Gasteiger partial charge in [0.2, 0.25) is 0 Å². The van der Waals surface area contributed by atoms with Crippen LogP contribution in [0.25, 0.3) is 5.69 Å². The van der Waals surface area contributed by atoms with E-state index in [1.165, 1.54) is 29.2 Å². The predicted octanol–water partition coefficient (Wildman–Crippen LogP) is 8.34. The maximum atomic E-state index is 13.6. The van der Waals surface area contributed by atoms with E-state index in [1.807, 2.05) is 91.0 Å². The molecule has 1 atom stereocenters. The van der Waals surface area contributed by atoms with Crippen molar-refractivity contribution in [2.75, 3.05) is 0 Å². The van der Waals surface area contributed by atoms with Crippen molar-refractivity contribution in [3.63, 3.8) is 0 Å². The Morgan fingerprint density at radius 1 is 0.848 bits per heavy atom. The van der Waals surface area contributed by atoms with E-state index in [4.69, 9.17) is 0 Å². The minimum Gasteiger partial charge on any atom is -0.344 e. The third kappa shape index (κ3) is 7.72. The van der Waals surface area contributed by atoms with Crippen LogP contribution in [0, 0.1) is 0 Å². The Bertz CT molecular complexity index is 1890. The van der Waals surface area contributed by atoms with Crippen molar-refractivity contribution >= 4 is 29.0 Å². The van der Waals surface area contributed by atoms with E-state index in [1.54, 1.807) is 16.0 Å². The second-order valence-corrected chi connectivity index (χ2v) is 12.4. The molecule has 6 nitrogen and oxygen atoms in total.